The molecule has 0 amide bonds. The molecule has 94 valence electrons. The molecule has 2 N–H and O–H groups in total. The lowest BCUT2D eigenvalue weighted by Crippen LogP contribution is -2.28. The maximum absolute atomic E-state index is 13.7. The predicted octanol–water partition coefficient (Wildman–Crippen LogP) is 1.88. The molecule has 1 heterocycles. The third-order valence-electron chi connectivity index (χ3n) is 2.87. The molecule has 2 rings (SSSR count). The molecule has 0 aromatic heterocycles. The van der Waals surface area contributed by atoms with Crippen molar-refractivity contribution >= 4 is 0 Å². The molecule has 0 saturated carbocycles. The Balaban J connectivity index is 2.12. The van der Waals surface area contributed by atoms with Crippen molar-refractivity contribution in [2.45, 2.75) is 25.4 Å². The molecule has 0 radical (unpaired) electrons. The van der Waals surface area contributed by atoms with Crippen LogP contribution < -0.4 is 10.5 Å². The smallest absolute Gasteiger partial charge is 0.165 e. The maximum Gasteiger partial charge on any atom is 0.165 e. The van der Waals surface area contributed by atoms with Gasteiger partial charge < -0.3 is 15.2 Å². The van der Waals surface area contributed by atoms with Gasteiger partial charge in [-0.15, -0.1) is 0 Å². The Kier molecular flexibility index (Phi) is 4.34. The van der Waals surface area contributed by atoms with Gasteiger partial charge in [0.25, 0.3) is 0 Å². The summed E-state index contributed by atoms with van der Waals surface area (Å²) in [5, 5.41) is 0. The molecule has 17 heavy (non-hydrogen) atoms. The first kappa shape index (κ1) is 12.3. The molecule has 0 spiro atoms. The van der Waals surface area contributed by atoms with Gasteiger partial charge in [0.1, 0.15) is 6.10 Å². The molecule has 0 aliphatic carbocycles. The van der Waals surface area contributed by atoms with Crippen LogP contribution in [0, 0.1) is 5.82 Å². The molecule has 1 aromatic rings. The average molecular weight is 239 g/mol. The highest BCUT2D eigenvalue weighted by Crippen LogP contribution is 2.26. The fourth-order valence-corrected chi connectivity index (χ4v) is 2.01. The summed E-state index contributed by atoms with van der Waals surface area (Å²) in [5.41, 5.74) is 6.34. The lowest BCUT2D eigenvalue weighted by atomic mass is 10.1. The first-order valence-electron chi connectivity index (χ1n) is 6.03. The topological polar surface area (TPSA) is 44.5 Å². The molecule has 1 aliphatic heterocycles. The first-order chi connectivity index (χ1) is 8.31. The SMILES string of the molecule is NCCc1cccc(F)c1OC1CCCOC1. The first-order valence-corrected chi connectivity index (χ1v) is 6.03. The van der Waals surface area contributed by atoms with Crippen molar-refractivity contribution in [3.63, 3.8) is 0 Å². The van der Waals surface area contributed by atoms with E-state index < -0.39 is 0 Å². The minimum atomic E-state index is -0.318. The predicted molar refractivity (Wildman–Crippen MR) is 63.6 cm³/mol. The second-order valence-corrected chi connectivity index (χ2v) is 4.22. The lowest BCUT2D eigenvalue weighted by molar-refractivity contribution is 0.00547. The van der Waals surface area contributed by atoms with Crippen LogP contribution in [0.1, 0.15) is 18.4 Å². The fraction of sp³-hybridized carbons (Fsp3) is 0.538. The molecular weight excluding hydrogens is 221 g/mol. The summed E-state index contributed by atoms with van der Waals surface area (Å²) in [6.45, 7) is 1.80. The number of hydrogen-bond donors (Lipinski definition) is 1. The third kappa shape index (κ3) is 3.17. The summed E-state index contributed by atoms with van der Waals surface area (Å²) in [6, 6.07) is 4.96. The van der Waals surface area contributed by atoms with Crippen LogP contribution in [0.2, 0.25) is 0 Å². The van der Waals surface area contributed by atoms with Crippen molar-refractivity contribution in [2.75, 3.05) is 19.8 Å². The standard InChI is InChI=1S/C13H18FNO2/c14-12-5-1-3-10(6-7-15)13(12)17-11-4-2-8-16-9-11/h1,3,5,11H,2,4,6-9,15H2. The van der Waals surface area contributed by atoms with Gasteiger partial charge in [0.15, 0.2) is 11.6 Å². The van der Waals surface area contributed by atoms with Gasteiger partial charge in [-0.1, -0.05) is 12.1 Å². The Bertz CT molecular complexity index is 364. The van der Waals surface area contributed by atoms with Crippen LogP contribution in [0.3, 0.4) is 0 Å². The third-order valence-corrected chi connectivity index (χ3v) is 2.87. The highest BCUT2D eigenvalue weighted by atomic mass is 19.1. The monoisotopic (exact) mass is 239 g/mol. The second kappa shape index (κ2) is 5.98. The van der Waals surface area contributed by atoms with Crippen LogP contribution in [0.25, 0.3) is 0 Å². The van der Waals surface area contributed by atoms with Crippen molar-refractivity contribution in [3.8, 4) is 5.75 Å². The molecule has 0 bridgehead atoms. The fourth-order valence-electron chi connectivity index (χ4n) is 2.01. The molecular formula is C13H18FNO2. The number of nitrogens with two attached hydrogens (primary N) is 1. The summed E-state index contributed by atoms with van der Waals surface area (Å²) >= 11 is 0. The summed E-state index contributed by atoms with van der Waals surface area (Å²) in [5.74, 6) is 0.0231. The minimum absolute atomic E-state index is 0.0443. The van der Waals surface area contributed by atoms with E-state index in [0.717, 1.165) is 25.0 Å². The van der Waals surface area contributed by atoms with E-state index in [2.05, 4.69) is 0 Å². The van der Waals surface area contributed by atoms with E-state index in [1.807, 2.05) is 6.07 Å². The number of ether oxygens (including phenoxy) is 2. The summed E-state index contributed by atoms with van der Waals surface area (Å²) in [6.07, 6.45) is 2.46. The van der Waals surface area contributed by atoms with Gasteiger partial charge in [-0.05, 0) is 37.4 Å². The molecule has 1 aliphatic rings. The van der Waals surface area contributed by atoms with E-state index in [1.165, 1.54) is 6.07 Å². The zero-order valence-electron chi connectivity index (χ0n) is 9.82. The van der Waals surface area contributed by atoms with Crippen LogP contribution in [-0.2, 0) is 11.2 Å². The van der Waals surface area contributed by atoms with Gasteiger partial charge in [-0.2, -0.15) is 0 Å². The lowest BCUT2D eigenvalue weighted by Gasteiger charge is -2.24. The van der Waals surface area contributed by atoms with Crippen LogP contribution in [0.4, 0.5) is 4.39 Å². The highest BCUT2D eigenvalue weighted by molar-refractivity contribution is 5.35. The summed E-state index contributed by atoms with van der Waals surface area (Å²) in [4.78, 5) is 0. The van der Waals surface area contributed by atoms with Gasteiger partial charge in [-0.3, -0.25) is 0 Å². The Hall–Kier alpha value is -1.13. The van der Waals surface area contributed by atoms with Crippen molar-refractivity contribution in [3.05, 3.63) is 29.6 Å². The van der Waals surface area contributed by atoms with Crippen LogP contribution in [0.15, 0.2) is 18.2 Å². The molecule has 1 fully saturated rings. The second-order valence-electron chi connectivity index (χ2n) is 4.22. The number of para-hydroxylation sites is 1. The maximum atomic E-state index is 13.7. The number of hydrogen-bond acceptors (Lipinski definition) is 3. The van der Waals surface area contributed by atoms with Crippen LogP contribution in [0.5, 0.6) is 5.75 Å². The van der Waals surface area contributed by atoms with Gasteiger partial charge in [0.2, 0.25) is 0 Å². The largest absolute Gasteiger partial charge is 0.485 e. The Labute approximate surface area is 101 Å². The Morgan fingerprint density at radius 2 is 2.35 bits per heavy atom. The van der Waals surface area contributed by atoms with Crippen LogP contribution >= 0.6 is 0 Å². The zero-order chi connectivity index (χ0) is 12.1. The van der Waals surface area contributed by atoms with E-state index in [-0.39, 0.29) is 11.9 Å². The van der Waals surface area contributed by atoms with E-state index in [9.17, 15) is 4.39 Å². The average Bonchev–Trinajstić information content (AvgIpc) is 2.35. The molecule has 1 atom stereocenters. The number of rotatable bonds is 4. The minimum Gasteiger partial charge on any atom is -0.485 e. The molecule has 1 saturated heterocycles. The summed E-state index contributed by atoms with van der Waals surface area (Å²) in [7, 11) is 0. The summed E-state index contributed by atoms with van der Waals surface area (Å²) < 4.78 is 24.8. The molecule has 3 nitrogen and oxygen atoms in total. The van der Waals surface area contributed by atoms with E-state index in [0.29, 0.717) is 25.3 Å². The number of benzene rings is 1. The van der Waals surface area contributed by atoms with E-state index >= 15 is 0 Å². The van der Waals surface area contributed by atoms with Gasteiger partial charge in [0, 0.05) is 6.61 Å². The quantitative estimate of drug-likeness (QED) is 0.872. The Morgan fingerprint density at radius 3 is 3.06 bits per heavy atom. The molecule has 4 heteroatoms. The zero-order valence-corrected chi connectivity index (χ0v) is 9.82. The Morgan fingerprint density at radius 1 is 1.47 bits per heavy atom. The van der Waals surface area contributed by atoms with Crippen molar-refractivity contribution in [1.82, 2.24) is 0 Å². The van der Waals surface area contributed by atoms with Crippen molar-refractivity contribution in [2.24, 2.45) is 5.73 Å². The molecule has 1 aromatic carbocycles. The normalized spacial score (nSPS) is 20.2. The van der Waals surface area contributed by atoms with Gasteiger partial charge in [-0.25, -0.2) is 4.39 Å². The number of halogens is 1. The van der Waals surface area contributed by atoms with E-state index in [1.54, 1.807) is 6.07 Å². The van der Waals surface area contributed by atoms with Gasteiger partial charge >= 0.3 is 0 Å². The molecule has 1 unspecified atom stereocenters. The van der Waals surface area contributed by atoms with Gasteiger partial charge in [0.05, 0.1) is 6.61 Å². The van der Waals surface area contributed by atoms with Crippen molar-refractivity contribution in [1.29, 1.82) is 0 Å². The van der Waals surface area contributed by atoms with Crippen molar-refractivity contribution < 1.29 is 13.9 Å². The van der Waals surface area contributed by atoms with E-state index in [4.69, 9.17) is 15.2 Å². The highest BCUT2D eigenvalue weighted by Gasteiger charge is 2.19. The van der Waals surface area contributed by atoms with Crippen LogP contribution in [-0.4, -0.2) is 25.9 Å².